The molecule has 1 unspecified atom stereocenters. The summed E-state index contributed by atoms with van der Waals surface area (Å²) in [6.07, 6.45) is 3.59. The molecule has 0 bridgehead atoms. The van der Waals surface area contributed by atoms with Crippen molar-refractivity contribution < 1.29 is 14.3 Å². The summed E-state index contributed by atoms with van der Waals surface area (Å²) < 4.78 is 5.80. The van der Waals surface area contributed by atoms with Crippen LogP contribution in [0, 0.1) is 13.8 Å². The Morgan fingerprint density at radius 2 is 1.82 bits per heavy atom. The van der Waals surface area contributed by atoms with Crippen LogP contribution in [0.2, 0.25) is 0 Å². The number of nitrogens with zero attached hydrogens (tertiary/aromatic N) is 3. The lowest BCUT2D eigenvalue weighted by molar-refractivity contribution is -0.141. The number of nitrogens with one attached hydrogen (secondary N) is 1. The Kier molecular flexibility index (Phi) is 7.93. The second-order valence-corrected chi connectivity index (χ2v) is 10.5. The predicted octanol–water partition coefficient (Wildman–Crippen LogP) is 5.72. The van der Waals surface area contributed by atoms with Crippen molar-refractivity contribution in [2.24, 2.45) is 4.99 Å². The van der Waals surface area contributed by atoms with Gasteiger partial charge in [0.15, 0.2) is 5.17 Å². The van der Waals surface area contributed by atoms with E-state index in [0.717, 1.165) is 38.7 Å². The fourth-order valence-corrected chi connectivity index (χ4v) is 5.75. The number of aliphatic imine (C=N–C) groups is 1. The number of hydrogen-bond acceptors (Lipinski definition) is 7. The van der Waals surface area contributed by atoms with Gasteiger partial charge in [-0.3, -0.25) is 9.78 Å². The average Bonchev–Trinajstić information content (AvgIpc) is 3.33. The van der Waals surface area contributed by atoms with Gasteiger partial charge in [0.1, 0.15) is 6.61 Å². The lowest BCUT2D eigenvalue weighted by Gasteiger charge is -2.37. The molecular formula is C31H30N4O3S. The number of fused-ring (bicyclic) bond motifs is 1. The zero-order valence-electron chi connectivity index (χ0n) is 22.2. The van der Waals surface area contributed by atoms with E-state index in [1.54, 1.807) is 12.4 Å². The van der Waals surface area contributed by atoms with E-state index < -0.39 is 12.0 Å². The Labute approximate surface area is 232 Å². The number of rotatable bonds is 8. The van der Waals surface area contributed by atoms with Gasteiger partial charge in [-0.25, -0.2) is 9.79 Å². The van der Waals surface area contributed by atoms with Gasteiger partial charge in [0, 0.05) is 24.6 Å². The highest BCUT2D eigenvalue weighted by Gasteiger charge is 2.41. The van der Waals surface area contributed by atoms with Crippen molar-refractivity contribution in [2.75, 3.05) is 0 Å². The van der Waals surface area contributed by atoms with Gasteiger partial charge in [-0.1, -0.05) is 71.9 Å². The van der Waals surface area contributed by atoms with Gasteiger partial charge in [0.2, 0.25) is 5.91 Å². The van der Waals surface area contributed by atoms with Crippen LogP contribution >= 0.6 is 11.8 Å². The molecule has 0 radical (unpaired) electrons. The van der Waals surface area contributed by atoms with E-state index in [2.05, 4.69) is 22.4 Å². The number of allylic oxidation sites excluding steroid dienone is 1. The molecule has 2 aliphatic heterocycles. The largest absolute Gasteiger partial charge is 0.457 e. The van der Waals surface area contributed by atoms with Gasteiger partial charge in [0.25, 0.3) is 0 Å². The number of aromatic nitrogens is 1. The molecule has 5 rings (SSSR count). The minimum Gasteiger partial charge on any atom is -0.457 e. The SMILES string of the molecule is CC1=C(C(=O)OCc2ccccc2)C(c2ccc(C)cc2C)N2C(CC(=O)NCc3cccnc3)=CSC2=N1. The molecule has 2 aromatic carbocycles. The normalized spacial score (nSPS) is 16.4. The number of ether oxygens (including phenoxy) is 1. The third-order valence-electron chi connectivity index (χ3n) is 6.71. The van der Waals surface area contributed by atoms with Gasteiger partial charge < -0.3 is 15.0 Å². The summed E-state index contributed by atoms with van der Waals surface area (Å²) in [5, 5.41) is 5.67. The Morgan fingerprint density at radius 1 is 1.03 bits per heavy atom. The highest BCUT2D eigenvalue weighted by molar-refractivity contribution is 8.16. The maximum absolute atomic E-state index is 13.6. The lowest BCUT2D eigenvalue weighted by atomic mass is 9.90. The summed E-state index contributed by atoms with van der Waals surface area (Å²) in [4.78, 5) is 37.5. The van der Waals surface area contributed by atoms with Gasteiger partial charge in [-0.05, 0) is 54.5 Å². The molecule has 8 heteroatoms. The molecule has 0 saturated heterocycles. The lowest BCUT2D eigenvalue weighted by Crippen LogP contribution is -2.38. The van der Waals surface area contributed by atoms with Crippen molar-refractivity contribution in [3.05, 3.63) is 123 Å². The van der Waals surface area contributed by atoms with Crippen molar-refractivity contribution in [1.29, 1.82) is 0 Å². The highest BCUT2D eigenvalue weighted by Crippen LogP contribution is 2.45. The quantitative estimate of drug-likeness (QED) is 0.369. The monoisotopic (exact) mass is 538 g/mol. The minimum absolute atomic E-state index is 0.120. The smallest absolute Gasteiger partial charge is 0.338 e. The van der Waals surface area contributed by atoms with Crippen LogP contribution in [0.3, 0.4) is 0 Å². The van der Waals surface area contributed by atoms with Crippen molar-refractivity contribution in [3.8, 4) is 0 Å². The summed E-state index contributed by atoms with van der Waals surface area (Å²) in [6, 6.07) is 19.1. The highest BCUT2D eigenvalue weighted by atomic mass is 32.2. The molecule has 2 aliphatic rings. The number of benzene rings is 2. The number of amidine groups is 1. The second-order valence-electron chi connectivity index (χ2n) is 9.63. The van der Waals surface area contributed by atoms with E-state index in [-0.39, 0.29) is 18.9 Å². The van der Waals surface area contributed by atoms with Crippen LogP contribution in [0.4, 0.5) is 0 Å². The van der Waals surface area contributed by atoms with Crippen LogP contribution in [0.1, 0.15) is 47.2 Å². The number of carbonyl (C=O) groups excluding carboxylic acids is 2. The first kappa shape index (κ1) is 26.4. The number of amides is 1. The summed E-state index contributed by atoms with van der Waals surface area (Å²) in [7, 11) is 0. The average molecular weight is 539 g/mol. The van der Waals surface area contributed by atoms with Crippen LogP contribution < -0.4 is 5.32 Å². The first-order valence-electron chi connectivity index (χ1n) is 12.8. The fourth-order valence-electron chi connectivity index (χ4n) is 4.79. The zero-order chi connectivity index (χ0) is 27.4. The first-order valence-corrected chi connectivity index (χ1v) is 13.7. The molecule has 7 nitrogen and oxygen atoms in total. The summed E-state index contributed by atoms with van der Waals surface area (Å²) in [5.41, 5.74) is 6.89. The topological polar surface area (TPSA) is 83.9 Å². The number of aryl methyl sites for hydroxylation is 2. The van der Waals surface area contributed by atoms with Crippen molar-refractivity contribution in [1.82, 2.24) is 15.2 Å². The van der Waals surface area contributed by atoms with Crippen molar-refractivity contribution in [2.45, 2.75) is 46.4 Å². The molecule has 1 N–H and O–H groups in total. The second kappa shape index (κ2) is 11.7. The molecule has 0 saturated carbocycles. The molecule has 3 aromatic rings. The summed E-state index contributed by atoms with van der Waals surface area (Å²) >= 11 is 1.46. The first-order chi connectivity index (χ1) is 18.9. The van der Waals surface area contributed by atoms with E-state index in [9.17, 15) is 9.59 Å². The van der Waals surface area contributed by atoms with Crippen LogP contribution in [0.5, 0.6) is 0 Å². The Bertz CT molecular complexity index is 1480. The van der Waals surface area contributed by atoms with Crippen molar-refractivity contribution >= 4 is 28.8 Å². The number of esters is 1. The molecule has 0 spiro atoms. The minimum atomic E-state index is -0.464. The third kappa shape index (κ3) is 5.96. The van der Waals surface area contributed by atoms with Gasteiger partial charge >= 0.3 is 5.97 Å². The Balaban J connectivity index is 1.43. The van der Waals surface area contributed by atoms with E-state index in [0.29, 0.717) is 17.8 Å². The number of carbonyl (C=O) groups is 2. The van der Waals surface area contributed by atoms with Crippen LogP contribution in [-0.2, 0) is 27.5 Å². The maximum Gasteiger partial charge on any atom is 0.338 e. The van der Waals surface area contributed by atoms with Crippen LogP contribution in [-0.4, -0.2) is 26.9 Å². The molecule has 0 fully saturated rings. The Hall–Kier alpha value is -4.17. The number of pyridine rings is 1. The van der Waals surface area contributed by atoms with Gasteiger partial charge in [-0.2, -0.15) is 0 Å². The van der Waals surface area contributed by atoms with Crippen LogP contribution in [0.15, 0.2) is 100 Å². The maximum atomic E-state index is 13.6. The zero-order valence-corrected chi connectivity index (χ0v) is 23.0. The molecule has 0 aliphatic carbocycles. The number of thioether (sulfide) groups is 1. The standard InChI is InChI=1S/C31H30N4O3S/c1-20-11-12-26(21(2)14-20)29-28(30(37)38-18-23-8-5-4-6-9-23)22(3)34-31-35(29)25(19-39-31)15-27(36)33-17-24-10-7-13-32-16-24/h4-14,16,19,29H,15,17-18H2,1-3H3,(H,33,36). The molecular weight excluding hydrogens is 508 g/mol. The molecule has 3 heterocycles. The van der Waals surface area contributed by atoms with Crippen molar-refractivity contribution in [3.63, 3.8) is 0 Å². The number of hydrogen-bond donors (Lipinski definition) is 1. The van der Waals surface area contributed by atoms with Gasteiger partial charge in [-0.15, -0.1) is 0 Å². The Morgan fingerprint density at radius 3 is 2.56 bits per heavy atom. The van der Waals surface area contributed by atoms with E-state index in [1.165, 1.54) is 11.8 Å². The molecule has 1 amide bonds. The fraction of sp³-hybridized carbons (Fsp3) is 0.226. The van der Waals surface area contributed by atoms with E-state index in [1.807, 2.05) is 79.6 Å². The molecule has 39 heavy (non-hydrogen) atoms. The van der Waals surface area contributed by atoms with Gasteiger partial charge in [0.05, 0.1) is 23.7 Å². The molecule has 198 valence electrons. The van der Waals surface area contributed by atoms with E-state index >= 15 is 0 Å². The molecule has 1 aromatic heterocycles. The predicted molar refractivity (Wildman–Crippen MR) is 153 cm³/mol. The van der Waals surface area contributed by atoms with E-state index in [4.69, 9.17) is 9.73 Å². The third-order valence-corrected chi connectivity index (χ3v) is 7.60. The summed E-state index contributed by atoms with van der Waals surface area (Å²) in [5.74, 6) is -0.535. The molecule has 1 atom stereocenters. The van der Waals surface area contributed by atoms with Crippen LogP contribution in [0.25, 0.3) is 0 Å². The summed E-state index contributed by atoms with van der Waals surface area (Å²) in [6.45, 7) is 6.50.